The van der Waals surface area contributed by atoms with E-state index in [0.717, 1.165) is 19.1 Å². The Balaban J connectivity index is 2.01. The first kappa shape index (κ1) is 13.0. The van der Waals surface area contributed by atoms with Gasteiger partial charge in [-0.2, -0.15) is 0 Å². The summed E-state index contributed by atoms with van der Waals surface area (Å²) in [6.07, 6.45) is 3.49. The summed E-state index contributed by atoms with van der Waals surface area (Å²) >= 11 is -0.870. The molecule has 4 heteroatoms. The van der Waals surface area contributed by atoms with Gasteiger partial charge in [0, 0.05) is 0 Å². The molecule has 0 aliphatic rings. The first-order valence-corrected chi connectivity index (χ1v) is 9.96. The van der Waals surface area contributed by atoms with Crippen LogP contribution in [0.25, 0.3) is 0 Å². The van der Waals surface area contributed by atoms with Crippen molar-refractivity contribution in [3.05, 3.63) is 24.2 Å². The molecule has 0 unspecified atom stereocenters. The van der Waals surface area contributed by atoms with Crippen molar-refractivity contribution < 1.29 is 4.42 Å². The third-order valence-electron chi connectivity index (χ3n) is 1.87. The molecule has 1 rings (SSSR count). The second kappa shape index (κ2) is 7.24. The Morgan fingerprint density at radius 1 is 1.47 bits per heavy atom. The van der Waals surface area contributed by atoms with E-state index >= 15 is 0 Å². The van der Waals surface area contributed by atoms with Crippen LogP contribution in [0.2, 0.25) is 0 Å². The second-order valence-electron chi connectivity index (χ2n) is 4.01. The van der Waals surface area contributed by atoms with Crippen molar-refractivity contribution >= 4 is 20.1 Å². The van der Waals surface area contributed by atoms with Crippen LogP contribution in [0.15, 0.2) is 23.0 Å². The predicted molar refractivity (Wildman–Crippen MR) is 73.2 cm³/mol. The Kier molecular flexibility index (Phi) is 6.28. The van der Waals surface area contributed by atoms with E-state index in [1.807, 2.05) is 6.07 Å². The van der Waals surface area contributed by atoms with E-state index in [2.05, 4.69) is 27.6 Å². The molecule has 0 aliphatic heterocycles. The minimum absolute atomic E-state index is 0.821. The summed E-state index contributed by atoms with van der Waals surface area (Å²) in [4.78, 5) is 2.38. The number of alkyl halides is 2. The van der Waals surface area contributed by atoms with Crippen molar-refractivity contribution in [1.29, 1.82) is 0 Å². The summed E-state index contributed by atoms with van der Waals surface area (Å²) in [5, 5.41) is 3.36. The van der Waals surface area contributed by atoms with E-state index in [9.17, 15) is 0 Å². The Labute approximate surface area is 99.7 Å². The Morgan fingerprint density at radius 2 is 2.27 bits per heavy atom. The fourth-order valence-electron chi connectivity index (χ4n) is 1.28. The van der Waals surface area contributed by atoms with Gasteiger partial charge in [-0.1, -0.05) is 0 Å². The van der Waals surface area contributed by atoms with Gasteiger partial charge in [0.1, 0.15) is 0 Å². The topological polar surface area (TPSA) is 37.2 Å². The summed E-state index contributed by atoms with van der Waals surface area (Å²) in [7, 11) is 0. The van der Waals surface area contributed by atoms with Crippen molar-refractivity contribution in [3.63, 3.8) is 0 Å². The summed E-state index contributed by atoms with van der Waals surface area (Å²) < 4.78 is 9.96. The van der Waals surface area contributed by atoms with Crippen LogP contribution in [0.4, 0.5) is 0 Å². The van der Waals surface area contributed by atoms with Crippen LogP contribution in [0, 0.1) is 5.92 Å². The molecule has 1 aromatic heterocycles. The molecule has 1 heterocycles. The van der Waals surface area contributed by atoms with Gasteiger partial charge in [0.05, 0.1) is 0 Å². The van der Waals surface area contributed by atoms with E-state index in [1.54, 1.807) is 12.5 Å². The average Bonchev–Trinajstić information content (AvgIpc) is 2.63. The van der Waals surface area contributed by atoms with Gasteiger partial charge in [0.15, 0.2) is 0 Å². The number of nitrogens with one attached hydrogen (secondary N) is 2. The van der Waals surface area contributed by atoms with Crippen LogP contribution in [0.3, 0.4) is 0 Å². The van der Waals surface area contributed by atoms with Crippen molar-refractivity contribution in [2.24, 2.45) is 5.92 Å². The second-order valence-corrected chi connectivity index (χ2v) is 9.02. The van der Waals surface area contributed by atoms with Gasteiger partial charge in [0.2, 0.25) is 0 Å². The average molecular weight is 324 g/mol. The van der Waals surface area contributed by atoms with Crippen LogP contribution in [0.5, 0.6) is 0 Å². The van der Waals surface area contributed by atoms with Crippen LogP contribution in [0.1, 0.15) is 19.4 Å². The molecule has 0 aromatic carbocycles. The van der Waals surface area contributed by atoms with Crippen molar-refractivity contribution in [3.8, 4) is 0 Å². The van der Waals surface area contributed by atoms with Crippen LogP contribution in [-0.4, -0.2) is 16.0 Å². The molecule has 2 N–H and O–H groups in total. The molecule has 0 radical (unpaired) electrons. The molecule has 15 heavy (non-hydrogen) atoms. The first-order chi connectivity index (χ1) is 7.18. The maximum absolute atomic E-state index is 4.99. The summed E-state index contributed by atoms with van der Waals surface area (Å²) in [5.41, 5.74) is 1.21. The zero-order valence-electron chi connectivity index (χ0n) is 9.72. The van der Waals surface area contributed by atoms with Gasteiger partial charge < -0.3 is 0 Å². The zero-order valence-corrected chi connectivity index (χ0v) is 11.9. The van der Waals surface area contributed by atoms with E-state index in [4.69, 9.17) is 4.42 Å². The van der Waals surface area contributed by atoms with Crippen molar-refractivity contribution in [1.82, 2.24) is 8.85 Å². The number of hydrogen-bond donors (Lipinski definition) is 2. The molecule has 0 amide bonds. The SMILES string of the molecule is CC(C)CI(C)NCNCc1ccoc1. The Morgan fingerprint density at radius 3 is 2.87 bits per heavy atom. The molecule has 0 saturated carbocycles. The zero-order chi connectivity index (χ0) is 11.1. The molecule has 0 spiro atoms. The number of hydrogen-bond acceptors (Lipinski definition) is 3. The third kappa shape index (κ3) is 6.17. The summed E-state index contributed by atoms with van der Waals surface area (Å²) in [6.45, 7) is 6.37. The fourth-order valence-corrected chi connectivity index (χ4v) is 5.15. The van der Waals surface area contributed by atoms with Gasteiger partial charge in [-0.25, -0.2) is 0 Å². The van der Waals surface area contributed by atoms with Crippen LogP contribution in [-0.2, 0) is 6.54 Å². The van der Waals surface area contributed by atoms with Crippen LogP contribution < -0.4 is 8.85 Å². The number of rotatable bonds is 7. The molecule has 1 aromatic rings. The Bertz CT molecular complexity index is 249. The molecule has 88 valence electrons. The summed E-state index contributed by atoms with van der Waals surface area (Å²) in [5.74, 6) is 0.821. The predicted octanol–water partition coefficient (Wildman–Crippen LogP) is 2.62. The summed E-state index contributed by atoms with van der Waals surface area (Å²) in [6, 6.07) is 1.99. The van der Waals surface area contributed by atoms with Crippen molar-refractivity contribution in [2.75, 3.05) is 16.0 Å². The standard InChI is InChI=1S/C11H21IN2O/c1-10(2)6-12(3)14-9-13-7-11-4-5-15-8-11/h4-5,8,10,13-14H,6-7,9H2,1-3H3. The molecule has 3 nitrogen and oxygen atoms in total. The van der Waals surface area contributed by atoms with Crippen molar-refractivity contribution in [2.45, 2.75) is 20.4 Å². The van der Waals surface area contributed by atoms with E-state index in [1.165, 1.54) is 9.99 Å². The molecular weight excluding hydrogens is 303 g/mol. The molecule has 0 saturated heterocycles. The minimum atomic E-state index is -0.870. The molecule has 0 bridgehead atoms. The van der Waals surface area contributed by atoms with Gasteiger partial charge in [0.25, 0.3) is 0 Å². The quantitative estimate of drug-likeness (QED) is 0.266. The maximum atomic E-state index is 4.99. The molecule has 0 atom stereocenters. The van der Waals surface area contributed by atoms with E-state index in [0.29, 0.717) is 0 Å². The third-order valence-corrected chi connectivity index (χ3v) is 6.64. The normalized spacial score (nSPS) is 12.1. The Hall–Kier alpha value is -0.0700. The fraction of sp³-hybridized carbons (Fsp3) is 0.636. The molecular formula is C11H21IN2O. The van der Waals surface area contributed by atoms with Gasteiger partial charge in [-0.15, -0.1) is 0 Å². The van der Waals surface area contributed by atoms with E-state index < -0.39 is 20.1 Å². The number of furan rings is 1. The molecule has 0 fully saturated rings. The number of halogens is 1. The van der Waals surface area contributed by atoms with Gasteiger partial charge >= 0.3 is 99.9 Å². The molecule has 0 aliphatic carbocycles. The van der Waals surface area contributed by atoms with Gasteiger partial charge in [-0.05, 0) is 0 Å². The van der Waals surface area contributed by atoms with Gasteiger partial charge in [-0.3, -0.25) is 0 Å². The van der Waals surface area contributed by atoms with E-state index in [-0.39, 0.29) is 0 Å². The monoisotopic (exact) mass is 324 g/mol. The first-order valence-electron chi connectivity index (χ1n) is 5.19. The van der Waals surface area contributed by atoms with Crippen LogP contribution >= 0.6 is 20.1 Å².